The van der Waals surface area contributed by atoms with Crippen molar-refractivity contribution in [1.82, 2.24) is 4.98 Å². The zero-order valence-electron chi connectivity index (χ0n) is 15.1. The van der Waals surface area contributed by atoms with Gasteiger partial charge in [0.1, 0.15) is 17.5 Å². The predicted octanol–water partition coefficient (Wildman–Crippen LogP) is 7.13. The first kappa shape index (κ1) is 22.5. The van der Waals surface area contributed by atoms with Crippen LogP contribution in [0.4, 0.5) is 30.7 Å². The zero-order chi connectivity index (χ0) is 23.0. The molecule has 3 rings (SSSR count). The van der Waals surface area contributed by atoms with E-state index in [1.165, 1.54) is 24.3 Å². The normalized spacial score (nSPS) is 12.1. The number of nitrogens with one attached hydrogen (secondary N) is 1. The minimum Gasteiger partial charge on any atom is -0.428 e. The molecule has 0 saturated carbocycles. The molecule has 0 atom stereocenters. The number of aromatic nitrogens is 1. The van der Waals surface area contributed by atoms with Crippen molar-refractivity contribution in [3.05, 3.63) is 64.8 Å². The number of nitrogens with zero attached hydrogens (tertiary/aromatic N) is 1. The third-order valence-electron chi connectivity index (χ3n) is 4.18. The molecule has 162 valence electrons. The van der Waals surface area contributed by atoms with Gasteiger partial charge in [-0.3, -0.25) is 0 Å². The average molecular weight is 463 g/mol. The van der Waals surface area contributed by atoms with E-state index in [2.05, 4.69) is 9.72 Å². The van der Waals surface area contributed by atoms with E-state index in [-0.39, 0.29) is 27.4 Å². The molecular formula is C20H10ClF7N2O. The van der Waals surface area contributed by atoms with Crippen molar-refractivity contribution in [2.24, 2.45) is 0 Å². The number of hydrogen-bond acceptors (Lipinski definition) is 2. The van der Waals surface area contributed by atoms with Crippen LogP contribution in [0.3, 0.4) is 0 Å². The third-order valence-corrected chi connectivity index (χ3v) is 4.43. The molecule has 0 spiro atoms. The van der Waals surface area contributed by atoms with Crippen molar-refractivity contribution in [1.29, 1.82) is 5.26 Å². The van der Waals surface area contributed by atoms with Gasteiger partial charge >= 0.3 is 18.7 Å². The highest BCUT2D eigenvalue weighted by molar-refractivity contribution is 6.30. The Labute approximate surface area is 175 Å². The van der Waals surface area contributed by atoms with Crippen molar-refractivity contribution < 1.29 is 35.5 Å². The molecule has 0 bridgehead atoms. The van der Waals surface area contributed by atoms with Gasteiger partial charge in [-0.25, -0.2) is 0 Å². The lowest BCUT2D eigenvalue weighted by Crippen LogP contribution is -2.33. The SMILES string of the molecule is N#Cc1c(-c2ccc(OC(F)(F)C(F)F)cc2)[nH]c(C(F)(F)F)c1-c1ccc(Cl)cc1. The first-order chi connectivity index (χ1) is 14.4. The summed E-state index contributed by atoms with van der Waals surface area (Å²) in [6.07, 6.45) is -13.7. The Morgan fingerprint density at radius 1 is 0.903 bits per heavy atom. The van der Waals surface area contributed by atoms with E-state index >= 15 is 0 Å². The van der Waals surface area contributed by atoms with E-state index in [1.807, 2.05) is 0 Å². The van der Waals surface area contributed by atoms with Crippen LogP contribution >= 0.6 is 11.6 Å². The van der Waals surface area contributed by atoms with Crippen LogP contribution in [0.2, 0.25) is 5.02 Å². The lowest BCUT2D eigenvalue weighted by molar-refractivity contribution is -0.253. The van der Waals surface area contributed by atoms with E-state index in [0.29, 0.717) is 0 Å². The minimum atomic E-state index is -4.85. The molecule has 1 aromatic heterocycles. The zero-order valence-corrected chi connectivity index (χ0v) is 15.8. The molecular weight excluding hydrogens is 453 g/mol. The predicted molar refractivity (Wildman–Crippen MR) is 98.0 cm³/mol. The lowest BCUT2D eigenvalue weighted by atomic mass is 9.98. The van der Waals surface area contributed by atoms with Gasteiger partial charge in [0.05, 0.1) is 11.3 Å². The van der Waals surface area contributed by atoms with Crippen LogP contribution in [0.5, 0.6) is 5.75 Å². The quantitative estimate of drug-likeness (QED) is 0.410. The van der Waals surface area contributed by atoms with Gasteiger partial charge in [-0.1, -0.05) is 23.7 Å². The molecule has 0 saturated heterocycles. The highest BCUT2D eigenvalue weighted by Crippen LogP contribution is 2.43. The topological polar surface area (TPSA) is 48.8 Å². The third kappa shape index (κ3) is 4.61. The van der Waals surface area contributed by atoms with Gasteiger partial charge in [0.2, 0.25) is 0 Å². The van der Waals surface area contributed by atoms with Gasteiger partial charge in [-0.05, 0) is 47.5 Å². The fourth-order valence-electron chi connectivity index (χ4n) is 2.84. The number of alkyl halides is 7. The van der Waals surface area contributed by atoms with E-state index in [4.69, 9.17) is 11.6 Å². The van der Waals surface area contributed by atoms with Crippen LogP contribution in [0.1, 0.15) is 11.3 Å². The highest BCUT2D eigenvalue weighted by atomic mass is 35.5. The van der Waals surface area contributed by atoms with Gasteiger partial charge in [0, 0.05) is 10.6 Å². The second-order valence-corrected chi connectivity index (χ2v) is 6.67. The van der Waals surface area contributed by atoms with Gasteiger partial charge in [-0.2, -0.15) is 36.0 Å². The molecule has 0 aliphatic heterocycles. The molecule has 1 heterocycles. The summed E-state index contributed by atoms with van der Waals surface area (Å²) >= 11 is 5.78. The summed E-state index contributed by atoms with van der Waals surface area (Å²) in [5, 5.41) is 9.83. The van der Waals surface area contributed by atoms with Gasteiger partial charge in [0.25, 0.3) is 0 Å². The summed E-state index contributed by atoms with van der Waals surface area (Å²) in [5.74, 6) is -0.631. The van der Waals surface area contributed by atoms with Gasteiger partial charge in [-0.15, -0.1) is 0 Å². The van der Waals surface area contributed by atoms with Crippen molar-refractivity contribution in [3.8, 4) is 34.2 Å². The minimum absolute atomic E-state index is 0.0231. The smallest absolute Gasteiger partial charge is 0.428 e. The molecule has 3 aromatic rings. The van der Waals surface area contributed by atoms with Crippen molar-refractivity contribution in [2.75, 3.05) is 0 Å². The molecule has 1 N–H and O–H groups in total. The highest BCUT2D eigenvalue weighted by Gasteiger charge is 2.44. The van der Waals surface area contributed by atoms with Crippen molar-refractivity contribution >= 4 is 11.6 Å². The molecule has 2 aromatic carbocycles. The molecule has 11 heteroatoms. The molecule has 0 aliphatic carbocycles. The summed E-state index contributed by atoms with van der Waals surface area (Å²) < 4.78 is 95.4. The number of H-pyrrole nitrogens is 1. The Bertz CT molecular complexity index is 1110. The maximum Gasteiger partial charge on any atom is 0.461 e. The number of hydrogen-bond donors (Lipinski definition) is 1. The Morgan fingerprint density at radius 3 is 1.94 bits per heavy atom. The van der Waals surface area contributed by atoms with Crippen LogP contribution in [-0.4, -0.2) is 17.5 Å². The molecule has 3 nitrogen and oxygen atoms in total. The summed E-state index contributed by atoms with van der Waals surface area (Å²) in [7, 11) is 0. The first-order valence-corrected chi connectivity index (χ1v) is 8.76. The monoisotopic (exact) mass is 462 g/mol. The van der Waals surface area contributed by atoms with Crippen LogP contribution in [-0.2, 0) is 6.18 Å². The van der Waals surface area contributed by atoms with Crippen LogP contribution in [0, 0.1) is 11.3 Å². The maximum absolute atomic E-state index is 13.6. The molecule has 0 radical (unpaired) electrons. The van der Waals surface area contributed by atoms with E-state index in [0.717, 1.165) is 24.3 Å². The number of halogens is 8. The van der Waals surface area contributed by atoms with Crippen molar-refractivity contribution in [2.45, 2.75) is 18.7 Å². The number of ether oxygens (including phenoxy) is 1. The van der Waals surface area contributed by atoms with Crippen molar-refractivity contribution in [3.63, 3.8) is 0 Å². The fraction of sp³-hybridized carbons (Fsp3) is 0.150. The Balaban J connectivity index is 2.10. The second-order valence-electron chi connectivity index (χ2n) is 6.23. The number of aromatic amines is 1. The van der Waals surface area contributed by atoms with E-state index in [1.54, 1.807) is 6.07 Å². The molecule has 0 unspecified atom stereocenters. The maximum atomic E-state index is 13.6. The lowest BCUT2D eigenvalue weighted by Gasteiger charge is -2.16. The molecule has 31 heavy (non-hydrogen) atoms. The molecule has 0 aliphatic rings. The van der Waals surface area contributed by atoms with Crippen LogP contribution < -0.4 is 4.74 Å². The second kappa shape index (κ2) is 8.15. The number of rotatable bonds is 5. The Kier molecular flexibility index (Phi) is 5.91. The summed E-state index contributed by atoms with van der Waals surface area (Å²) in [5.41, 5.74) is -2.08. The Hall–Kier alpha value is -3.19. The van der Waals surface area contributed by atoms with Gasteiger partial charge < -0.3 is 9.72 Å². The fourth-order valence-corrected chi connectivity index (χ4v) is 2.96. The largest absolute Gasteiger partial charge is 0.461 e. The molecule has 0 fully saturated rings. The molecule has 0 amide bonds. The summed E-state index contributed by atoms with van der Waals surface area (Å²) in [6, 6.07) is 11.0. The average Bonchev–Trinajstić information content (AvgIpc) is 3.09. The first-order valence-electron chi connectivity index (χ1n) is 8.38. The number of benzene rings is 2. The van der Waals surface area contributed by atoms with Crippen LogP contribution in [0.25, 0.3) is 22.4 Å². The van der Waals surface area contributed by atoms with E-state index < -0.39 is 35.7 Å². The summed E-state index contributed by atoms with van der Waals surface area (Å²) in [4.78, 5) is 2.17. The van der Waals surface area contributed by atoms with Gasteiger partial charge in [0.15, 0.2) is 0 Å². The summed E-state index contributed by atoms with van der Waals surface area (Å²) in [6.45, 7) is 0. The number of nitriles is 1. The standard InChI is InChI=1S/C20H10ClF7N2O/c21-12-5-1-10(2-6-12)15-14(9-29)16(30-17(15)19(24,25)26)11-3-7-13(8-4-11)31-20(27,28)18(22)23/h1-8,18,30H. The van der Waals surface area contributed by atoms with Crippen LogP contribution in [0.15, 0.2) is 48.5 Å². The van der Waals surface area contributed by atoms with E-state index in [9.17, 15) is 36.0 Å². The Morgan fingerprint density at radius 2 is 1.45 bits per heavy atom.